The molecule has 1 aromatic heterocycles. The highest BCUT2D eigenvalue weighted by Gasteiger charge is 2.23. The van der Waals surface area contributed by atoms with Gasteiger partial charge in [0.05, 0.1) is 23.2 Å². The molecule has 0 saturated heterocycles. The summed E-state index contributed by atoms with van der Waals surface area (Å²) >= 11 is 0. The van der Waals surface area contributed by atoms with Gasteiger partial charge in [-0.15, -0.1) is 0 Å². The Hall–Kier alpha value is -3.42. The van der Waals surface area contributed by atoms with Crippen molar-refractivity contribution in [1.29, 1.82) is 0 Å². The zero-order chi connectivity index (χ0) is 20.6. The van der Waals surface area contributed by atoms with E-state index in [1.165, 1.54) is 6.92 Å². The number of aromatic nitrogens is 1. The van der Waals surface area contributed by atoms with Gasteiger partial charge in [-0.25, -0.2) is 22.4 Å². The van der Waals surface area contributed by atoms with E-state index in [9.17, 15) is 27.2 Å². The zero-order valence-electron chi connectivity index (χ0n) is 14.6. The van der Waals surface area contributed by atoms with Crippen LogP contribution in [0.25, 0.3) is 22.7 Å². The number of nitrogens with zero attached hydrogens (tertiary/aromatic N) is 1. The van der Waals surface area contributed by atoms with E-state index in [0.717, 1.165) is 35.0 Å². The van der Waals surface area contributed by atoms with Gasteiger partial charge >= 0.3 is 5.97 Å². The molecule has 1 heterocycles. The molecule has 0 amide bonds. The number of hydrogen-bond acceptors (Lipinski definition) is 3. The second-order valence-corrected chi connectivity index (χ2v) is 5.74. The van der Waals surface area contributed by atoms with Gasteiger partial charge in [-0.3, -0.25) is 4.79 Å². The van der Waals surface area contributed by atoms with Crippen LogP contribution in [0.1, 0.15) is 22.8 Å². The van der Waals surface area contributed by atoms with Crippen LogP contribution in [0.15, 0.2) is 41.8 Å². The predicted molar refractivity (Wildman–Crippen MR) is 95.4 cm³/mol. The van der Waals surface area contributed by atoms with Crippen molar-refractivity contribution in [2.75, 3.05) is 6.61 Å². The molecule has 28 heavy (non-hydrogen) atoms. The highest BCUT2D eigenvalue weighted by atomic mass is 19.1. The zero-order valence-corrected chi connectivity index (χ0v) is 14.6. The van der Waals surface area contributed by atoms with Gasteiger partial charge < -0.3 is 9.30 Å². The van der Waals surface area contributed by atoms with Crippen LogP contribution in [0.2, 0.25) is 0 Å². The molecule has 0 bridgehead atoms. The molecular weight excluding hydrogens is 378 g/mol. The Kier molecular flexibility index (Phi) is 5.04. The Bertz CT molecular complexity index is 1180. The molecule has 0 atom stereocenters. The molecular formula is C20H13F4NO3. The first-order valence-corrected chi connectivity index (χ1v) is 8.12. The van der Waals surface area contributed by atoms with Crippen LogP contribution in [0.5, 0.6) is 0 Å². The Morgan fingerprint density at radius 1 is 1.18 bits per heavy atom. The third-order valence-electron chi connectivity index (χ3n) is 4.08. The average molecular weight is 391 g/mol. The fourth-order valence-electron chi connectivity index (χ4n) is 2.84. The van der Waals surface area contributed by atoms with Gasteiger partial charge in [0, 0.05) is 17.8 Å². The number of hydrogen-bond donors (Lipinski definition) is 0. The van der Waals surface area contributed by atoms with Crippen molar-refractivity contribution in [2.45, 2.75) is 6.92 Å². The molecule has 0 aliphatic rings. The summed E-state index contributed by atoms with van der Waals surface area (Å²) in [6.45, 7) is 4.77. The van der Waals surface area contributed by atoms with Crippen molar-refractivity contribution in [3.8, 4) is 5.69 Å². The molecule has 0 unspecified atom stereocenters. The lowest BCUT2D eigenvalue weighted by molar-refractivity contribution is 0.0524. The molecule has 3 rings (SSSR count). The second-order valence-electron chi connectivity index (χ2n) is 5.74. The number of halogens is 4. The lowest BCUT2D eigenvalue weighted by Crippen LogP contribution is -2.22. The molecule has 4 nitrogen and oxygen atoms in total. The van der Waals surface area contributed by atoms with Crippen molar-refractivity contribution < 1.29 is 27.1 Å². The van der Waals surface area contributed by atoms with Crippen LogP contribution < -0.4 is 5.43 Å². The van der Waals surface area contributed by atoms with Crippen LogP contribution in [0, 0.1) is 23.3 Å². The number of fused-ring (bicyclic) bond motifs is 1. The Labute approximate surface area is 156 Å². The first-order chi connectivity index (χ1) is 13.3. The molecule has 0 aliphatic carbocycles. The maximum atomic E-state index is 15.0. The van der Waals surface area contributed by atoms with Crippen molar-refractivity contribution in [1.82, 2.24) is 4.57 Å². The molecule has 8 heteroatoms. The lowest BCUT2D eigenvalue weighted by Gasteiger charge is -2.16. The molecule has 144 valence electrons. The van der Waals surface area contributed by atoms with Gasteiger partial charge in [0.15, 0.2) is 5.82 Å². The second kappa shape index (κ2) is 7.30. The molecule has 0 spiro atoms. The van der Waals surface area contributed by atoms with Crippen molar-refractivity contribution in [3.63, 3.8) is 0 Å². The molecule has 0 saturated carbocycles. The van der Waals surface area contributed by atoms with E-state index in [-0.39, 0.29) is 12.3 Å². The fraction of sp³-hybridized carbons (Fsp3) is 0.100. The summed E-state index contributed by atoms with van der Waals surface area (Å²) in [6.07, 6.45) is 1.78. The van der Waals surface area contributed by atoms with E-state index in [1.807, 2.05) is 0 Å². The minimum atomic E-state index is -1.18. The minimum absolute atomic E-state index is 0.0562. The monoisotopic (exact) mass is 391 g/mol. The molecule has 0 N–H and O–H groups in total. The average Bonchev–Trinajstić information content (AvgIpc) is 2.63. The standard InChI is InChI=1S/C20H13F4NO3/c1-3-11-14(22)8-12-18(17(11)24)25(16-6-5-10(21)7-15(16)23)9-13(19(12)26)20(27)28-4-2/h3,5-9H,1,4H2,2H3. The number of carbonyl (C=O) groups excluding carboxylic acids is 1. The maximum absolute atomic E-state index is 15.0. The van der Waals surface area contributed by atoms with Gasteiger partial charge in [-0.2, -0.15) is 0 Å². The van der Waals surface area contributed by atoms with Gasteiger partial charge in [0.2, 0.25) is 5.43 Å². The number of carbonyl (C=O) groups is 1. The van der Waals surface area contributed by atoms with E-state index in [2.05, 4.69) is 6.58 Å². The smallest absolute Gasteiger partial charge is 0.343 e. The van der Waals surface area contributed by atoms with E-state index < -0.39 is 56.7 Å². The van der Waals surface area contributed by atoms with Gasteiger partial charge in [-0.05, 0) is 25.1 Å². The SMILES string of the molecule is C=Cc1c(F)cc2c(=O)c(C(=O)OCC)cn(-c3ccc(F)cc3F)c2c1F. The Morgan fingerprint density at radius 3 is 2.50 bits per heavy atom. The summed E-state index contributed by atoms with van der Waals surface area (Å²) in [7, 11) is 0. The summed E-state index contributed by atoms with van der Waals surface area (Å²) in [5, 5.41) is -0.505. The summed E-state index contributed by atoms with van der Waals surface area (Å²) in [5.74, 6) is -5.26. The highest BCUT2D eigenvalue weighted by Crippen LogP contribution is 2.27. The van der Waals surface area contributed by atoms with Crippen LogP contribution in [-0.2, 0) is 4.74 Å². The fourth-order valence-corrected chi connectivity index (χ4v) is 2.84. The van der Waals surface area contributed by atoms with Gasteiger partial charge in [0.1, 0.15) is 23.0 Å². The largest absolute Gasteiger partial charge is 0.462 e. The molecule has 2 aromatic carbocycles. The molecule has 0 fully saturated rings. The summed E-state index contributed by atoms with van der Waals surface area (Å²) in [4.78, 5) is 24.8. The van der Waals surface area contributed by atoms with E-state index >= 15 is 0 Å². The first kappa shape index (κ1) is 19.3. The number of ether oxygens (including phenoxy) is 1. The van der Waals surface area contributed by atoms with E-state index in [1.54, 1.807) is 0 Å². The quantitative estimate of drug-likeness (QED) is 0.490. The van der Waals surface area contributed by atoms with E-state index in [0.29, 0.717) is 6.07 Å². The maximum Gasteiger partial charge on any atom is 0.343 e. The van der Waals surface area contributed by atoms with Crippen LogP contribution in [0.4, 0.5) is 17.6 Å². The van der Waals surface area contributed by atoms with E-state index in [4.69, 9.17) is 4.74 Å². The lowest BCUT2D eigenvalue weighted by atomic mass is 10.1. The van der Waals surface area contributed by atoms with Gasteiger partial charge in [-0.1, -0.05) is 12.7 Å². The van der Waals surface area contributed by atoms with Crippen molar-refractivity contribution in [2.24, 2.45) is 0 Å². The topological polar surface area (TPSA) is 48.3 Å². The third kappa shape index (κ3) is 3.06. The normalized spacial score (nSPS) is 10.9. The van der Waals surface area contributed by atoms with Crippen molar-refractivity contribution in [3.05, 3.63) is 81.7 Å². The molecule has 3 aromatic rings. The first-order valence-electron chi connectivity index (χ1n) is 8.12. The Balaban J connectivity index is 2.53. The van der Waals surface area contributed by atoms with Crippen LogP contribution in [-0.4, -0.2) is 17.1 Å². The van der Waals surface area contributed by atoms with Crippen LogP contribution in [0.3, 0.4) is 0 Å². The summed E-state index contributed by atoms with van der Waals surface area (Å²) in [5.41, 5.74) is -2.91. The van der Waals surface area contributed by atoms with Gasteiger partial charge in [0.25, 0.3) is 0 Å². The molecule has 0 aliphatic heterocycles. The number of rotatable bonds is 4. The van der Waals surface area contributed by atoms with Crippen molar-refractivity contribution >= 4 is 22.9 Å². The third-order valence-corrected chi connectivity index (χ3v) is 4.08. The number of pyridine rings is 1. The summed E-state index contributed by atoms with van der Waals surface area (Å²) in [6, 6.07) is 3.21. The highest BCUT2D eigenvalue weighted by molar-refractivity contribution is 5.95. The number of esters is 1. The summed E-state index contributed by atoms with van der Waals surface area (Å²) < 4.78 is 62.5. The molecule has 0 radical (unpaired) electrons. The predicted octanol–water partition coefficient (Wildman–Crippen LogP) is 4.37. The minimum Gasteiger partial charge on any atom is -0.462 e. The Morgan fingerprint density at radius 2 is 1.89 bits per heavy atom. The number of benzene rings is 2. The van der Waals surface area contributed by atoms with Crippen LogP contribution >= 0.6 is 0 Å².